The van der Waals surface area contributed by atoms with Gasteiger partial charge in [0, 0.05) is 16.9 Å². The highest BCUT2D eigenvalue weighted by atomic mass is 16.5. The Morgan fingerprint density at radius 2 is 1.46 bits per heavy atom. The molecular weight excluding hydrogens is 600 g/mol. The lowest BCUT2D eigenvalue weighted by Gasteiger charge is -2.37. The van der Waals surface area contributed by atoms with E-state index >= 15 is 9.59 Å². The summed E-state index contributed by atoms with van der Waals surface area (Å²) < 4.78 is 12.0. The predicted octanol–water partition coefficient (Wildman–Crippen LogP) is 7.00. The van der Waals surface area contributed by atoms with Gasteiger partial charge in [-0.05, 0) is 46.5 Å². The van der Waals surface area contributed by atoms with Gasteiger partial charge in [-0.2, -0.15) is 0 Å². The van der Waals surface area contributed by atoms with Crippen LogP contribution in [0.5, 0.6) is 5.75 Å². The van der Waals surface area contributed by atoms with Crippen LogP contribution < -0.4 is 15.0 Å². The summed E-state index contributed by atoms with van der Waals surface area (Å²) in [6, 6.07) is 39.4. The molecule has 1 N–H and O–H groups in total. The van der Waals surface area contributed by atoms with E-state index < -0.39 is 35.5 Å². The molecule has 48 heavy (non-hydrogen) atoms. The number of hydrogen-bond acceptors (Lipinski definition) is 6. The zero-order valence-electron chi connectivity index (χ0n) is 26.2. The van der Waals surface area contributed by atoms with Crippen molar-refractivity contribution in [1.82, 2.24) is 0 Å². The Balaban J connectivity index is 1.36. The molecule has 1 fully saturated rings. The van der Waals surface area contributed by atoms with Gasteiger partial charge in [0.2, 0.25) is 5.91 Å². The van der Waals surface area contributed by atoms with Gasteiger partial charge in [-0.25, -0.2) is 0 Å². The maximum Gasteiger partial charge on any atom is 0.314 e. The molecule has 7 nitrogen and oxygen atoms in total. The van der Waals surface area contributed by atoms with Crippen LogP contribution in [0.2, 0.25) is 0 Å². The topological polar surface area (TPSA) is 84.9 Å². The number of anilines is 2. The molecule has 0 radical (unpaired) electrons. The van der Waals surface area contributed by atoms with Crippen LogP contribution in [0.1, 0.15) is 38.7 Å². The Morgan fingerprint density at radius 3 is 2.19 bits per heavy atom. The van der Waals surface area contributed by atoms with Gasteiger partial charge in [0.25, 0.3) is 0 Å². The summed E-state index contributed by atoms with van der Waals surface area (Å²) in [4.78, 5) is 46.9. The summed E-state index contributed by atoms with van der Waals surface area (Å²) in [5.74, 6) is -2.01. The number of carbonyl (C=O) groups excluding carboxylic acids is 3. The number of nitrogens with zero attached hydrogens (tertiary/aromatic N) is 1. The van der Waals surface area contributed by atoms with Gasteiger partial charge in [0.1, 0.15) is 23.1 Å². The van der Waals surface area contributed by atoms with Crippen molar-refractivity contribution in [3.63, 3.8) is 0 Å². The number of ether oxygens (including phenoxy) is 2. The van der Waals surface area contributed by atoms with Crippen molar-refractivity contribution in [1.29, 1.82) is 0 Å². The second-order valence-electron chi connectivity index (χ2n) is 12.3. The SMILES string of the molecule is COc1cccc(C(=O)[C@H]2[C@@H](C(=O)OC(c3ccccc3)c3ccccc3)[C@]3(C(=O)Nc4ccccc43)[C@H]3C=Cc4ccccc4N23)c1. The number of carbonyl (C=O) groups is 3. The average Bonchev–Trinajstić information content (AvgIpc) is 3.63. The molecule has 3 aliphatic rings. The van der Waals surface area contributed by atoms with Gasteiger partial charge in [0.05, 0.1) is 13.2 Å². The number of rotatable bonds is 7. The third kappa shape index (κ3) is 4.46. The first-order valence-electron chi connectivity index (χ1n) is 16.0. The number of para-hydroxylation sites is 2. The summed E-state index contributed by atoms with van der Waals surface area (Å²) >= 11 is 0. The van der Waals surface area contributed by atoms with Gasteiger partial charge < -0.3 is 19.7 Å². The highest BCUT2D eigenvalue weighted by molar-refractivity contribution is 6.15. The van der Waals surface area contributed by atoms with Crippen LogP contribution in [0, 0.1) is 5.92 Å². The number of Topliss-reactive ketones (excluding diaryl/α,β-unsaturated/α-hetero) is 1. The molecule has 5 aromatic rings. The van der Waals surface area contributed by atoms with Crippen molar-refractivity contribution < 1.29 is 23.9 Å². The standard InChI is InChI=1S/C41H32N2O5/c1-47-30-19-12-18-29(25-30)37(44)36-35(39(45)48-38(27-14-4-2-5-15-27)28-16-6-3-7-17-28)41(31-20-9-10-21-32(31)42-40(41)46)34-24-23-26-13-8-11-22-33(26)43(34)36/h2-25,34-36,38H,1H3,(H,42,46)/t34-,35+,36-,41-/m1/s1. The van der Waals surface area contributed by atoms with Gasteiger partial charge in [-0.3, -0.25) is 14.4 Å². The second kappa shape index (κ2) is 11.7. The van der Waals surface area contributed by atoms with Crippen molar-refractivity contribution in [3.05, 3.63) is 167 Å². The molecule has 1 saturated heterocycles. The van der Waals surface area contributed by atoms with Crippen LogP contribution in [-0.2, 0) is 19.7 Å². The zero-order valence-corrected chi connectivity index (χ0v) is 26.2. The van der Waals surface area contributed by atoms with E-state index in [9.17, 15) is 4.79 Å². The van der Waals surface area contributed by atoms with Crippen molar-refractivity contribution in [2.45, 2.75) is 23.6 Å². The third-order valence-electron chi connectivity index (χ3n) is 9.86. The first-order valence-corrected chi connectivity index (χ1v) is 16.0. The fourth-order valence-electron chi connectivity index (χ4n) is 7.81. The highest BCUT2D eigenvalue weighted by Crippen LogP contribution is 2.58. The zero-order chi connectivity index (χ0) is 32.8. The van der Waals surface area contributed by atoms with Crippen LogP contribution >= 0.6 is 0 Å². The van der Waals surface area contributed by atoms with Crippen molar-refractivity contribution in [3.8, 4) is 5.75 Å². The molecule has 3 heterocycles. The Kier molecular flexibility index (Phi) is 7.17. The van der Waals surface area contributed by atoms with Gasteiger partial charge >= 0.3 is 5.97 Å². The minimum Gasteiger partial charge on any atom is -0.497 e. The van der Waals surface area contributed by atoms with E-state index in [0.29, 0.717) is 22.6 Å². The number of ketones is 1. The fraction of sp³-hybridized carbons (Fsp3) is 0.146. The summed E-state index contributed by atoms with van der Waals surface area (Å²) in [5, 5.41) is 3.07. The molecule has 5 aromatic carbocycles. The van der Waals surface area contributed by atoms with Crippen LogP contribution in [0.4, 0.5) is 11.4 Å². The van der Waals surface area contributed by atoms with Crippen LogP contribution in [0.25, 0.3) is 6.08 Å². The molecule has 3 aliphatic heterocycles. The lowest BCUT2D eigenvalue weighted by molar-refractivity contribution is -0.156. The van der Waals surface area contributed by atoms with E-state index in [1.165, 1.54) is 0 Å². The molecule has 0 saturated carbocycles. The molecule has 4 atom stereocenters. The lowest BCUT2D eigenvalue weighted by Crippen LogP contribution is -2.51. The smallest absolute Gasteiger partial charge is 0.314 e. The maximum absolute atomic E-state index is 15.2. The minimum atomic E-state index is -1.48. The average molecular weight is 633 g/mol. The molecular formula is C41H32N2O5. The van der Waals surface area contributed by atoms with E-state index in [4.69, 9.17) is 9.47 Å². The van der Waals surface area contributed by atoms with Crippen LogP contribution in [0.3, 0.4) is 0 Å². The number of hydrogen-bond donors (Lipinski definition) is 1. The molecule has 1 spiro atoms. The van der Waals surface area contributed by atoms with E-state index in [2.05, 4.69) is 5.32 Å². The molecule has 8 rings (SSSR count). The summed E-state index contributed by atoms with van der Waals surface area (Å²) in [6.07, 6.45) is 3.16. The first-order chi connectivity index (χ1) is 23.5. The molecule has 0 unspecified atom stereocenters. The normalized spacial score (nSPS) is 21.8. The Labute approximate surface area is 278 Å². The summed E-state index contributed by atoms with van der Waals surface area (Å²) in [5.41, 5.74) is 3.37. The summed E-state index contributed by atoms with van der Waals surface area (Å²) in [6.45, 7) is 0. The lowest BCUT2D eigenvalue weighted by atomic mass is 9.66. The number of amides is 1. The van der Waals surface area contributed by atoms with Crippen molar-refractivity contribution >= 4 is 35.1 Å². The second-order valence-corrected chi connectivity index (χ2v) is 12.3. The number of esters is 1. The van der Waals surface area contributed by atoms with E-state index in [0.717, 1.165) is 22.4 Å². The van der Waals surface area contributed by atoms with Crippen molar-refractivity contribution in [2.24, 2.45) is 5.92 Å². The van der Waals surface area contributed by atoms with Gasteiger partial charge in [-0.1, -0.05) is 121 Å². The van der Waals surface area contributed by atoms with Crippen molar-refractivity contribution in [2.75, 3.05) is 17.3 Å². The first kappa shape index (κ1) is 29.5. The van der Waals surface area contributed by atoms with E-state index in [-0.39, 0.29) is 11.7 Å². The van der Waals surface area contributed by atoms with E-state index in [1.54, 1.807) is 31.4 Å². The van der Waals surface area contributed by atoms with Gasteiger partial charge in [-0.15, -0.1) is 0 Å². The summed E-state index contributed by atoms with van der Waals surface area (Å²) in [7, 11) is 1.54. The monoisotopic (exact) mass is 632 g/mol. The van der Waals surface area contributed by atoms with Crippen LogP contribution in [0.15, 0.2) is 140 Å². The number of benzene rings is 5. The molecule has 0 aromatic heterocycles. The number of nitrogens with one attached hydrogen (secondary N) is 1. The third-order valence-corrected chi connectivity index (χ3v) is 9.86. The van der Waals surface area contributed by atoms with E-state index in [1.807, 2.05) is 126 Å². The number of methoxy groups -OCH3 is 1. The molecule has 7 heteroatoms. The fourth-order valence-corrected chi connectivity index (χ4v) is 7.81. The van der Waals surface area contributed by atoms with Crippen LogP contribution in [-0.4, -0.2) is 36.9 Å². The predicted molar refractivity (Wildman–Crippen MR) is 184 cm³/mol. The molecule has 0 aliphatic carbocycles. The Bertz CT molecular complexity index is 2040. The largest absolute Gasteiger partial charge is 0.497 e. The molecule has 1 amide bonds. The highest BCUT2D eigenvalue weighted by Gasteiger charge is 2.71. The molecule has 236 valence electrons. The molecule has 0 bridgehead atoms. The Morgan fingerprint density at radius 1 is 0.792 bits per heavy atom. The minimum absolute atomic E-state index is 0.309. The number of fused-ring (bicyclic) bond motifs is 6. The maximum atomic E-state index is 15.2. The van der Waals surface area contributed by atoms with Gasteiger partial charge in [0.15, 0.2) is 11.9 Å². The quantitative estimate of drug-likeness (QED) is 0.154. The Hall–Kier alpha value is -5.95.